The van der Waals surface area contributed by atoms with E-state index in [0.29, 0.717) is 5.56 Å². The molecular weight excluding hydrogens is 337 g/mol. The largest absolute Gasteiger partial charge is 0.440 e. The number of alkyl halides is 3. The third-order valence-electron chi connectivity index (χ3n) is 3.58. The van der Waals surface area contributed by atoms with Crippen molar-refractivity contribution >= 4 is 12.0 Å². The molecule has 1 aromatic rings. The van der Waals surface area contributed by atoms with Gasteiger partial charge in [-0.05, 0) is 31.9 Å². The maximum Gasteiger partial charge on any atom is 0.422 e. The lowest BCUT2D eigenvalue weighted by atomic mass is 9.97. The van der Waals surface area contributed by atoms with Gasteiger partial charge in [-0.3, -0.25) is 4.79 Å². The fourth-order valence-electron chi connectivity index (χ4n) is 2.28. The van der Waals surface area contributed by atoms with Crippen LogP contribution in [-0.4, -0.2) is 36.9 Å². The van der Waals surface area contributed by atoms with Crippen LogP contribution < -0.4 is 10.6 Å². The van der Waals surface area contributed by atoms with Gasteiger partial charge in [-0.1, -0.05) is 31.5 Å². The quantitative estimate of drug-likeness (QED) is 0.817. The van der Waals surface area contributed by atoms with Gasteiger partial charge in [-0.15, -0.1) is 0 Å². The van der Waals surface area contributed by atoms with Gasteiger partial charge in [0.15, 0.2) is 6.61 Å². The summed E-state index contributed by atoms with van der Waals surface area (Å²) in [6.07, 6.45) is -5.76. The number of carbonyl (C=O) groups is 2. The second kappa shape index (κ2) is 8.73. The minimum absolute atomic E-state index is 0.133. The van der Waals surface area contributed by atoms with E-state index < -0.39 is 31.0 Å². The number of amides is 2. The molecule has 2 amide bonds. The summed E-state index contributed by atoms with van der Waals surface area (Å²) in [6.45, 7) is 5.47. The fraction of sp³-hybridized carbons (Fsp3) is 0.529. The smallest absolute Gasteiger partial charge is 0.422 e. The molecule has 0 unspecified atom stereocenters. The van der Waals surface area contributed by atoms with Crippen LogP contribution in [0.15, 0.2) is 24.3 Å². The molecule has 0 spiro atoms. The summed E-state index contributed by atoms with van der Waals surface area (Å²) in [7, 11) is 0. The van der Waals surface area contributed by atoms with Crippen molar-refractivity contribution in [3.63, 3.8) is 0 Å². The van der Waals surface area contributed by atoms with Crippen LogP contribution in [0.1, 0.15) is 36.7 Å². The molecule has 1 aromatic carbocycles. The normalized spacial score (nSPS) is 13.9. The lowest BCUT2D eigenvalue weighted by Crippen LogP contribution is -2.53. The number of alkyl carbamates (subject to hydrolysis) is 1. The lowest BCUT2D eigenvalue weighted by Gasteiger charge is -2.29. The monoisotopic (exact) mass is 360 g/mol. The number of aryl methyl sites for hydroxylation is 1. The Balaban J connectivity index is 2.66. The van der Waals surface area contributed by atoms with E-state index in [1.165, 1.54) is 0 Å². The van der Waals surface area contributed by atoms with Crippen molar-refractivity contribution in [3.05, 3.63) is 35.4 Å². The van der Waals surface area contributed by atoms with Crippen molar-refractivity contribution in [2.45, 2.75) is 46.0 Å². The van der Waals surface area contributed by atoms with E-state index >= 15 is 0 Å². The fourth-order valence-corrected chi connectivity index (χ4v) is 2.28. The van der Waals surface area contributed by atoms with Gasteiger partial charge < -0.3 is 15.4 Å². The van der Waals surface area contributed by atoms with Gasteiger partial charge >= 0.3 is 12.3 Å². The molecule has 0 saturated carbocycles. The molecular formula is C17H23F3N2O3. The molecule has 5 nitrogen and oxygen atoms in total. The van der Waals surface area contributed by atoms with Gasteiger partial charge in [0.1, 0.15) is 0 Å². The average Bonchev–Trinajstić information content (AvgIpc) is 2.50. The molecule has 0 aliphatic carbocycles. The van der Waals surface area contributed by atoms with Crippen molar-refractivity contribution in [3.8, 4) is 0 Å². The second-order valence-corrected chi connectivity index (χ2v) is 6.23. The zero-order chi connectivity index (χ0) is 19.2. The standard InChI is InChI=1S/C17H23F3N2O3/c1-10(2)14(22-16(24)25-9-17(18,19)20)12(4)21-15(23)13-7-5-11(3)6-8-13/h5-8,10,12,14H,9H2,1-4H3,(H,21,23)(H,22,24)/t12-,14-/m0/s1. The summed E-state index contributed by atoms with van der Waals surface area (Å²) in [6, 6.07) is 5.85. The summed E-state index contributed by atoms with van der Waals surface area (Å²) in [5.74, 6) is -0.463. The van der Waals surface area contributed by atoms with Gasteiger partial charge in [0, 0.05) is 11.6 Å². The van der Waals surface area contributed by atoms with Gasteiger partial charge in [-0.25, -0.2) is 4.79 Å². The number of hydrogen-bond acceptors (Lipinski definition) is 3. The van der Waals surface area contributed by atoms with Crippen molar-refractivity contribution in [1.82, 2.24) is 10.6 Å². The van der Waals surface area contributed by atoms with E-state index in [1.807, 2.05) is 6.92 Å². The van der Waals surface area contributed by atoms with Crippen LogP contribution in [0.3, 0.4) is 0 Å². The molecule has 2 N–H and O–H groups in total. The number of carbonyl (C=O) groups excluding carboxylic acids is 2. The Morgan fingerprint density at radius 2 is 1.64 bits per heavy atom. The molecule has 1 rings (SSSR count). The molecule has 25 heavy (non-hydrogen) atoms. The van der Waals surface area contributed by atoms with Gasteiger partial charge in [-0.2, -0.15) is 13.2 Å². The summed E-state index contributed by atoms with van der Waals surface area (Å²) in [5.41, 5.74) is 1.47. The van der Waals surface area contributed by atoms with Crippen LogP contribution >= 0.6 is 0 Å². The summed E-state index contributed by atoms with van der Waals surface area (Å²) in [5, 5.41) is 5.12. The first kappa shape index (κ1) is 20.8. The third kappa shape index (κ3) is 7.45. The van der Waals surface area contributed by atoms with Crippen LogP contribution in [0.4, 0.5) is 18.0 Å². The Morgan fingerprint density at radius 1 is 1.08 bits per heavy atom. The number of benzene rings is 1. The lowest BCUT2D eigenvalue weighted by molar-refractivity contribution is -0.160. The molecule has 0 fully saturated rings. The molecule has 0 bridgehead atoms. The molecule has 0 aliphatic rings. The van der Waals surface area contributed by atoms with E-state index in [0.717, 1.165) is 5.56 Å². The highest BCUT2D eigenvalue weighted by atomic mass is 19.4. The van der Waals surface area contributed by atoms with Crippen LogP contribution in [0.25, 0.3) is 0 Å². The van der Waals surface area contributed by atoms with E-state index in [2.05, 4.69) is 15.4 Å². The maximum absolute atomic E-state index is 12.2. The first-order valence-corrected chi connectivity index (χ1v) is 7.87. The molecule has 2 atom stereocenters. The highest BCUT2D eigenvalue weighted by Gasteiger charge is 2.31. The van der Waals surface area contributed by atoms with Crippen molar-refractivity contribution in [2.75, 3.05) is 6.61 Å². The SMILES string of the molecule is Cc1ccc(C(=O)N[C@@H](C)[C@@H](NC(=O)OCC(F)(F)F)C(C)C)cc1. The topological polar surface area (TPSA) is 67.4 Å². The number of rotatable bonds is 6. The number of halogens is 3. The molecule has 0 aromatic heterocycles. The number of nitrogens with one attached hydrogen (secondary N) is 2. The van der Waals surface area contributed by atoms with Crippen LogP contribution in [0.5, 0.6) is 0 Å². The Hall–Kier alpha value is -2.25. The van der Waals surface area contributed by atoms with Crippen LogP contribution in [0.2, 0.25) is 0 Å². The first-order valence-electron chi connectivity index (χ1n) is 7.87. The maximum atomic E-state index is 12.2. The molecule has 8 heteroatoms. The number of ether oxygens (including phenoxy) is 1. The Morgan fingerprint density at radius 3 is 2.12 bits per heavy atom. The summed E-state index contributed by atoms with van der Waals surface area (Å²) < 4.78 is 40.4. The van der Waals surface area contributed by atoms with Gasteiger partial charge in [0.25, 0.3) is 5.91 Å². The minimum atomic E-state index is -4.59. The van der Waals surface area contributed by atoms with Crippen LogP contribution in [0, 0.1) is 12.8 Å². The molecule has 0 radical (unpaired) electrons. The number of hydrogen-bond donors (Lipinski definition) is 2. The van der Waals surface area contributed by atoms with Crippen LogP contribution in [-0.2, 0) is 4.74 Å². The van der Waals surface area contributed by atoms with E-state index in [-0.39, 0.29) is 11.8 Å². The summed E-state index contributed by atoms with van der Waals surface area (Å²) >= 11 is 0. The molecule has 0 saturated heterocycles. The predicted octanol–water partition coefficient (Wildman–Crippen LogP) is 3.43. The Labute approximate surface area is 144 Å². The highest BCUT2D eigenvalue weighted by molar-refractivity contribution is 5.94. The van der Waals surface area contributed by atoms with Gasteiger partial charge in [0.2, 0.25) is 0 Å². The van der Waals surface area contributed by atoms with E-state index in [1.54, 1.807) is 45.0 Å². The van der Waals surface area contributed by atoms with E-state index in [4.69, 9.17) is 0 Å². The summed E-state index contributed by atoms with van der Waals surface area (Å²) in [4.78, 5) is 23.8. The molecule has 0 aliphatic heterocycles. The zero-order valence-electron chi connectivity index (χ0n) is 14.6. The second-order valence-electron chi connectivity index (χ2n) is 6.23. The van der Waals surface area contributed by atoms with Gasteiger partial charge in [0.05, 0.1) is 6.04 Å². The van der Waals surface area contributed by atoms with Crippen molar-refractivity contribution in [2.24, 2.45) is 5.92 Å². The molecule has 0 heterocycles. The van der Waals surface area contributed by atoms with E-state index in [9.17, 15) is 22.8 Å². The Bertz CT molecular complexity index is 586. The molecule has 140 valence electrons. The minimum Gasteiger partial charge on any atom is -0.440 e. The van der Waals surface area contributed by atoms with Crippen molar-refractivity contribution in [1.29, 1.82) is 0 Å². The van der Waals surface area contributed by atoms with Crippen molar-refractivity contribution < 1.29 is 27.5 Å². The predicted molar refractivity (Wildman–Crippen MR) is 87.3 cm³/mol. The Kier molecular flexibility index (Phi) is 7.26. The third-order valence-corrected chi connectivity index (χ3v) is 3.58. The highest BCUT2D eigenvalue weighted by Crippen LogP contribution is 2.15. The zero-order valence-corrected chi connectivity index (χ0v) is 14.6. The first-order chi connectivity index (χ1) is 11.5. The average molecular weight is 360 g/mol.